The Morgan fingerprint density at radius 3 is 2.37 bits per heavy atom. The van der Waals surface area contributed by atoms with Gasteiger partial charge < -0.3 is 4.74 Å². The fraction of sp³-hybridized carbons (Fsp3) is 0.364. The summed E-state index contributed by atoms with van der Waals surface area (Å²) in [5, 5.41) is 4.57. The molecular weight excluding hydrogens is 360 g/mol. The van der Waals surface area contributed by atoms with E-state index in [1.807, 2.05) is 24.3 Å². The number of hydrogen-bond acceptors (Lipinski definition) is 3. The summed E-state index contributed by atoms with van der Waals surface area (Å²) < 4.78 is 5.75. The number of ether oxygens (including phenoxy) is 1. The molecule has 0 aromatic heterocycles. The molecule has 0 heterocycles. The highest BCUT2D eigenvalue weighted by Crippen LogP contribution is 2.13. The average Bonchev–Trinajstić information content (AvgIpc) is 2.69. The minimum atomic E-state index is -0.276. The van der Waals surface area contributed by atoms with Crippen molar-refractivity contribution in [3.63, 3.8) is 0 Å². The van der Waals surface area contributed by atoms with Gasteiger partial charge in [0.25, 0.3) is 5.91 Å². The molecule has 4 nitrogen and oxygen atoms in total. The summed E-state index contributed by atoms with van der Waals surface area (Å²) in [5.74, 6) is 0.577. The Morgan fingerprint density at radius 2 is 1.67 bits per heavy atom. The number of hydrogen-bond donors (Lipinski definition) is 1. The summed E-state index contributed by atoms with van der Waals surface area (Å²) in [5.41, 5.74) is 3.90. The number of nitrogens with zero attached hydrogens (tertiary/aromatic N) is 1. The van der Waals surface area contributed by atoms with E-state index in [1.54, 1.807) is 30.5 Å². The van der Waals surface area contributed by atoms with Gasteiger partial charge in [-0.1, -0.05) is 50.6 Å². The number of rotatable bonds is 11. The molecule has 2 aromatic rings. The summed E-state index contributed by atoms with van der Waals surface area (Å²) in [7, 11) is 0. The SMILES string of the molecule is CCCCCCCCOc1ccc(/C=N\NC(=O)c2ccc(Cl)cc2)cc1. The quantitative estimate of drug-likeness (QED) is 0.299. The van der Waals surface area contributed by atoms with Gasteiger partial charge in [-0.15, -0.1) is 0 Å². The fourth-order valence-corrected chi connectivity index (χ4v) is 2.68. The van der Waals surface area contributed by atoms with E-state index in [0.717, 1.165) is 24.3 Å². The molecule has 0 aliphatic rings. The molecule has 0 aliphatic heterocycles. The first-order valence-corrected chi connectivity index (χ1v) is 9.88. The van der Waals surface area contributed by atoms with Gasteiger partial charge >= 0.3 is 0 Å². The normalized spacial score (nSPS) is 10.9. The molecule has 0 unspecified atom stereocenters. The second kappa shape index (κ2) is 12.1. The number of benzene rings is 2. The molecule has 0 saturated carbocycles. The van der Waals surface area contributed by atoms with Crippen LogP contribution < -0.4 is 10.2 Å². The van der Waals surface area contributed by atoms with Crippen LogP contribution in [0.4, 0.5) is 0 Å². The lowest BCUT2D eigenvalue weighted by Gasteiger charge is -2.06. The highest BCUT2D eigenvalue weighted by molar-refractivity contribution is 6.30. The molecule has 1 amide bonds. The second-order valence-corrected chi connectivity index (χ2v) is 6.83. The van der Waals surface area contributed by atoms with E-state index in [4.69, 9.17) is 16.3 Å². The molecule has 0 fully saturated rings. The Bertz CT molecular complexity index is 712. The summed E-state index contributed by atoms with van der Waals surface area (Å²) in [6.07, 6.45) is 9.11. The smallest absolute Gasteiger partial charge is 0.271 e. The van der Waals surface area contributed by atoms with Crippen LogP contribution in [0.25, 0.3) is 0 Å². The minimum Gasteiger partial charge on any atom is -0.494 e. The lowest BCUT2D eigenvalue weighted by atomic mass is 10.1. The third-order valence-corrected chi connectivity index (χ3v) is 4.38. The van der Waals surface area contributed by atoms with Crippen LogP contribution in [0.5, 0.6) is 5.75 Å². The average molecular weight is 387 g/mol. The van der Waals surface area contributed by atoms with Gasteiger partial charge in [0.2, 0.25) is 0 Å². The van der Waals surface area contributed by atoms with Crippen LogP contribution in [0, 0.1) is 0 Å². The predicted octanol–water partition coefficient (Wildman–Crippen LogP) is 5.84. The zero-order valence-corrected chi connectivity index (χ0v) is 16.5. The van der Waals surface area contributed by atoms with Gasteiger partial charge in [-0.3, -0.25) is 4.79 Å². The van der Waals surface area contributed by atoms with E-state index in [0.29, 0.717) is 10.6 Å². The third-order valence-electron chi connectivity index (χ3n) is 4.13. The van der Waals surface area contributed by atoms with E-state index in [2.05, 4.69) is 17.5 Å². The molecule has 0 bridgehead atoms. The molecule has 0 spiro atoms. The molecule has 0 radical (unpaired) electrons. The lowest BCUT2D eigenvalue weighted by Crippen LogP contribution is -2.17. The molecule has 2 aromatic carbocycles. The summed E-state index contributed by atoms with van der Waals surface area (Å²) >= 11 is 5.81. The van der Waals surface area contributed by atoms with Crippen molar-refractivity contribution in [2.24, 2.45) is 5.10 Å². The Balaban J connectivity index is 1.69. The van der Waals surface area contributed by atoms with Gasteiger partial charge in [0, 0.05) is 10.6 Å². The van der Waals surface area contributed by atoms with Crippen LogP contribution in [0.1, 0.15) is 61.4 Å². The van der Waals surface area contributed by atoms with E-state index < -0.39 is 0 Å². The number of hydrazone groups is 1. The predicted molar refractivity (Wildman–Crippen MR) is 112 cm³/mol. The van der Waals surface area contributed by atoms with Crippen molar-refractivity contribution in [1.82, 2.24) is 5.43 Å². The van der Waals surface area contributed by atoms with Gasteiger partial charge in [-0.2, -0.15) is 5.10 Å². The van der Waals surface area contributed by atoms with Crippen molar-refractivity contribution in [3.8, 4) is 5.75 Å². The van der Waals surface area contributed by atoms with Crippen LogP contribution >= 0.6 is 11.6 Å². The van der Waals surface area contributed by atoms with Crippen molar-refractivity contribution in [2.45, 2.75) is 45.4 Å². The number of carbonyl (C=O) groups excluding carboxylic acids is 1. The molecule has 27 heavy (non-hydrogen) atoms. The summed E-state index contributed by atoms with van der Waals surface area (Å²) in [6, 6.07) is 14.3. The molecule has 5 heteroatoms. The molecule has 1 N–H and O–H groups in total. The Labute approximate surface area is 166 Å². The number of halogens is 1. The fourth-order valence-electron chi connectivity index (χ4n) is 2.55. The molecule has 2 rings (SSSR count). The Hall–Kier alpha value is -2.33. The van der Waals surface area contributed by atoms with E-state index in [1.165, 1.54) is 32.1 Å². The van der Waals surface area contributed by atoms with Crippen molar-refractivity contribution in [1.29, 1.82) is 0 Å². The minimum absolute atomic E-state index is 0.276. The van der Waals surface area contributed by atoms with Crippen molar-refractivity contribution < 1.29 is 9.53 Å². The third kappa shape index (κ3) is 8.27. The monoisotopic (exact) mass is 386 g/mol. The number of carbonyl (C=O) groups is 1. The zero-order valence-electron chi connectivity index (χ0n) is 15.8. The van der Waals surface area contributed by atoms with Gasteiger partial charge in [0.15, 0.2) is 0 Å². The Kier molecular flexibility index (Phi) is 9.42. The largest absolute Gasteiger partial charge is 0.494 e. The first-order valence-electron chi connectivity index (χ1n) is 9.51. The highest BCUT2D eigenvalue weighted by atomic mass is 35.5. The second-order valence-electron chi connectivity index (χ2n) is 6.39. The highest BCUT2D eigenvalue weighted by Gasteiger charge is 2.03. The van der Waals surface area contributed by atoms with Crippen LogP contribution in [0.15, 0.2) is 53.6 Å². The van der Waals surface area contributed by atoms with Crippen molar-refractivity contribution in [2.75, 3.05) is 6.61 Å². The van der Waals surface area contributed by atoms with Crippen LogP contribution in [0.3, 0.4) is 0 Å². The first-order chi connectivity index (χ1) is 13.2. The number of unbranched alkanes of at least 4 members (excludes halogenated alkanes) is 5. The van der Waals surface area contributed by atoms with Gasteiger partial charge in [0.1, 0.15) is 5.75 Å². The number of nitrogens with one attached hydrogen (secondary N) is 1. The van der Waals surface area contributed by atoms with Crippen LogP contribution in [-0.2, 0) is 0 Å². The zero-order chi connectivity index (χ0) is 19.3. The maximum Gasteiger partial charge on any atom is 0.271 e. The first kappa shape index (κ1) is 21.0. The molecular formula is C22H27ClN2O2. The van der Waals surface area contributed by atoms with E-state index in [-0.39, 0.29) is 5.91 Å². The molecule has 0 aliphatic carbocycles. The van der Waals surface area contributed by atoms with Gasteiger partial charge in [0.05, 0.1) is 12.8 Å². The number of amides is 1. The molecule has 0 saturated heterocycles. The Morgan fingerprint density at radius 1 is 1.00 bits per heavy atom. The lowest BCUT2D eigenvalue weighted by molar-refractivity contribution is 0.0955. The van der Waals surface area contributed by atoms with Gasteiger partial charge in [-0.25, -0.2) is 5.43 Å². The summed E-state index contributed by atoms with van der Waals surface area (Å²) in [4.78, 5) is 11.9. The van der Waals surface area contributed by atoms with Crippen molar-refractivity contribution >= 4 is 23.7 Å². The van der Waals surface area contributed by atoms with Crippen LogP contribution in [-0.4, -0.2) is 18.7 Å². The van der Waals surface area contributed by atoms with E-state index >= 15 is 0 Å². The maximum absolute atomic E-state index is 11.9. The standard InChI is InChI=1S/C22H27ClN2O2/c1-2-3-4-5-6-7-16-27-21-14-8-18(9-15-21)17-24-25-22(26)19-10-12-20(23)13-11-19/h8-15,17H,2-7,16H2,1H3,(H,25,26)/b24-17-. The molecule has 144 valence electrons. The van der Waals surface area contributed by atoms with Crippen LogP contribution in [0.2, 0.25) is 5.02 Å². The van der Waals surface area contributed by atoms with Gasteiger partial charge in [-0.05, 0) is 60.5 Å². The van der Waals surface area contributed by atoms with E-state index in [9.17, 15) is 4.79 Å². The molecule has 0 atom stereocenters. The maximum atomic E-state index is 11.9. The topological polar surface area (TPSA) is 50.7 Å². The van der Waals surface area contributed by atoms with Crippen molar-refractivity contribution in [3.05, 3.63) is 64.7 Å². The summed E-state index contributed by atoms with van der Waals surface area (Å²) in [6.45, 7) is 2.97.